The molecule has 1 saturated heterocycles. The van der Waals surface area contributed by atoms with Gasteiger partial charge in [0.05, 0.1) is 22.5 Å². The lowest BCUT2D eigenvalue weighted by Gasteiger charge is -2.22. The summed E-state index contributed by atoms with van der Waals surface area (Å²) in [6.45, 7) is 10.8. The molecule has 0 unspecified atom stereocenters. The van der Waals surface area contributed by atoms with E-state index in [1.54, 1.807) is 6.92 Å². The summed E-state index contributed by atoms with van der Waals surface area (Å²) >= 11 is 0. The molecule has 0 radical (unpaired) electrons. The van der Waals surface area contributed by atoms with Gasteiger partial charge < -0.3 is 9.80 Å². The first-order valence-corrected chi connectivity index (χ1v) is 9.76. The van der Waals surface area contributed by atoms with Crippen LogP contribution in [-0.4, -0.2) is 57.0 Å². The van der Waals surface area contributed by atoms with Gasteiger partial charge >= 0.3 is 0 Å². The summed E-state index contributed by atoms with van der Waals surface area (Å²) in [5, 5.41) is 14.9. The number of nitrogens with zero attached hydrogens (tertiary/aromatic N) is 6. The van der Waals surface area contributed by atoms with Crippen LogP contribution in [0.4, 0.5) is 5.82 Å². The number of anilines is 1. The molecule has 1 aliphatic heterocycles. The fourth-order valence-electron chi connectivity index (χ4n) is 3.91. The highest BCUT2D eigenvalue weighted by atomic mass is 16.2. The van der Waals surface area contributed by atoms with E-state index in [1.807, 2.05) is 16.5 Å². The molecule has 0 spiro atoms. The van der Waals surface area contributed by atoms with Crippen LogP contribution in [0.1, 0.15) is 30.3 Å². The Morgan fingerprint density at radius 3 is 2.43 bits per heavy atom. The van der Waals surface area contributed by atoms with Crippen molar-refractivity contribution in [3.05, 3.63) is 41.2 Å². The van der Waals surface area contributed by atoms with Crippen molar-refractivity contribution < 1.29 is 4.79 Å². The first kappa shape index (κ1) is 18.4. The molecule has 1 amide bonds. The van der Waals surface area contributed by atoms with Crippen LogP contribution in [0, 0.1) is 20.8 Å². The summed E-state index contributed by atoms with van der Waals surface area (Å²) in [7, 11) is 0. The molecule has 3 heterocycles. The van der Waals surface area contributed by atoms with E-state index in [0.29, 0.717) is 6.54 Å². The van der Waals surface area contributed by atoms with Crippen LogP contribution in [0.5, 0.6) is 0 Å². The zero-order valence-corrected chi connectivity index (χ0v) is 16.9. The number of carbonyl (C=O) groups is 1. The van der Waals surface area contributed by atoms with Crippen molar-refractivity contribution in [1.82, 2.24) is 24.9 Å². The van der Waals surface area contributed by atoms with Gasteiger partial charge in [0.15, 0.2) is 5.82 Å². The highest BCUT2D eigenvalue weighted by molar-refractivity contribution is 5.92. The van der Waals surface area contributed by atoms with Gasteiger partial charge in [0.2, 0.25) is 5.91 Å². The number of benzene rings is 1. The number of carbonyl (C=O) groups excluding carboxylic acids is 1. The molecule has 0 saturated carbocycles. The molecule has 1 aliphatic rings. The van der Waals surface area contributed by atoms with E-state index in [1.165, 1.54) is 5.56 Å². The number of hydrogen-bond acceptors (Lipinski definition) is 5. The minimum atomic E-state index is 0.126. The highest BCUT2D eigenvalue weighted by Gasteiger charge is 2.23. The molecule has 1 aromatic carbocycles. The number of aryl methyl sites for hydroxylation is 3. The number of aromatic nitrogens is 4. The predicted molar refractivity (Wildman–Crippen MR) is 110 cm³/mol. The largest absolute Gasteiger partial charge is 0.351 e. The number of amides is 1. The SMILES string of the molecule is CC(=O)N1CCCN(c2nnc(C)c3c(C)n(-c4ccc(C)cc4)nc23)CC1. The highest BCUT2D eigenvalue weighted by Crippen LogP contribution is 2.29. The van der Waals surface area contributed by atoms with Crippen molar-refractivity contribution in [2.45, 2.75) is 34.1 Å². The average molecular weight is 378 g/mol. The van der Waals surface area contributed by atoms with Crippen molar-refractivity contribution in [1.29, 1.82) is 0 Å². The van der Waals surface area contributed by atoms with E-state index in [0.717, 1.165) is 59.9 Å². The Morgan fingerprint density at radius 1 is 0.964 bits per heavy atom. The third kappa shape index (κ3) is 3.21. The van der Waals surface area contributed by atoms with Gasteiger partial charge in [-0.3, -0.25) is 4.79 Å². The minimum absolute atomic E-state index is 0.126. The van der Waals surface area contributed by atoms with E-state index in [-0.39, 0.29) is 5.91 Å². The van der Waals surface area contributed by atoms with Crippen molar-refractivity contribution in [3.8, 4) is 5.69 Å². The monoisotopic (exact) mass is 378 g/mol. The molecule has 146 valence electrons. The van der Waals surface area contributed by atoms with Gasteiger partial charge in [-0.1, -0.05) is 17.7 Å². The minimum Gasteiger partial charge on any atom is -0.351 e. The van der Waals surface area contributed by atoms with Gasteiger partial charge in [0.25, 0.3) is 0 Å². The van der Waals surface area contributed by atoms with Crippen LogP contribution in [0.2, 0.25) is 0 Å². The second-order valence-corrected chi connectivity index (χ2v) is 7.51. The van der Waals surface area contributed by atoms with Gasteiger partial charge in [0, 0.05) is 33.1 Å². The molecule has 0 aliphatic carbocycles. The summed E-state index contributed by atoms with van der Waals surface area (Å²) in [6, 6.07) is 8.36. The van der Waals surface area contributed by atoms with Gasteiger partial charge in [-0.15, -0.1) is 5.10 Å². The van der Waals surface area contributed by atoms with Crippen LogP contribution in [0.3, 0.4) is 0 Å². The second-order valence-electron chi connectivity index (χ2n) is 7.51. The first-order chi connectivity index (χ1) is 13.5. The zero-order chi connectivity index (χ0) is 19.8. The molecule has 0 bridgehead atoms. The van der Waals surface area contributed by atoms with Gasteiger partial charge in [-0.25, -0.2) is 4.68 Å². The number of hydrogen-bond donors (Lipinski definition) is 0. The Hall–Kier alpha value is -2.96. The molecule has 7 heteroatoms. The molecule has 2 aromatic heterocycles. The third-order valence-corrected chi connectivity index (χ3v) is 5.50. The molecule has 0 N–H and O–H groups in total. The summed E-state index contributed by atoms with van der Waals surface area (Å²) < 4.78 is 1.98. The smallest absolute Gasteiger partial charge is 0.219 e. The van der Waals surface area contributed by atoms with Gasteiger partial charge in [0.1, 0.15) is 5.52 Å². The van der Waals surface area contributed by atoms with Crippen LogP contribution >= 0.6 is 0 Å². The van der Waals surface area contributed by atoms with E-state index in [2.05, 4.69) is 53.2 Å². The lowest BCUT2D eigenvalue weighted by atomic mass is 10.2. The van der Waals surface area contributed by atoms with E-state index >= 15 is 0 Å². The topological polar surface area (TPSA) is 67.2 Å². The van der Waals surface area contributed by atoms with Gasteiger partial charge in [-0.2, -0.15) is 10.2 Å². The maximum Gasteiger partial charge on any atom is 0.219 e. The van der Waals surface area contributed by atoms with Crippen molar-refractivity contribution >= 4 is 22.6 Å². The lowest BCUT2D eigenvalue weighted by Crippen LogP contribution is -2.34. The molecular formula is C21H26N6O. The fraction of sp³-hybridized carbons (Fsp3) is 0.429. The van der Waals surface area contributed by atoms with Crippen molar-refractivity contribution in [3.63, 3.8) is 0 Å². The summed E-state index contributed by atoms with van der Waals surface area (Å²) in [5.74, 6) is 0.932. The molecular weight excluding hydrogens is 352 g/mol. The quantitative estimate of drug-likeness (QED) is 0.686. The summed E-state index contributed by atoms with van der Waals surface area (Å²) in [5.41, 5.74) is 5.07. The maximum absolute atomic E-state index is 11.7. The molecule has 4 rings (SSSR count). The Balaban J connectivity index is 1.78. The zero-order valence-electron chi connectivity index (χ0n) is 16.9. The van der Waals surface area contributed by atoms with Crippen LogP contribution in [-0.2, 0) is 4.79 Å². The van der Waals surface area contributed by atoms with E-state index < -0.39 is 0 Å². The number of fused-ring (bicyclic) bond motifs is 1. The Kier molecular flexibility index (Phi) is 4.75. The van der Waals surface area contributed by atoms with Crippen molar-refractivity contribution in [2.24, 2.45) is 0 Å². The normalized spacial score (nSPS) is 15.1. The van der Waals surface area contributed by atoms with Gasteiger partial charge in [-0.05, 0) is 39.3 Å². The van der Waals surface area contributed by atoms with E-state index in [4.69, 9.17) is 5.10 Å². The molecule has 28 heavy (non-hydrogen) atoms. The average Bonchev–Trinajstić information content (AvgIpc) is 2.86. The summed E-state index contributed by atoms with van der Waals surface area (Å²) in [6.07, 6.45) is 0.911. The number of rotatable bonds is 2. The van der Waals surface area contributed by atoms with Crippen molar-refractivity contribution in [2.75, 3.05) is 31.1 Å². The lowest BCUT2D eigenvalue weighted by molar-refractivity contribution is -0.128. The predicted octanol–water partition coefficient (Wildman–Crippen LogP) is 2.80. The first-order valence-electron chi connectivity index (χ1n) is 9.76. The molecule has 0 atom stereocenters. The summed E-state index contributed by atoms with van der Waals surface area (Å²) in [4.78, 5) is 15.9. The van der Waals surface area contributed by atoms with Crippen LogP contribution < -0.4 is 4.90 Å². The standard InChI is InChI=1S/C21H26N6O/c1-14-6-8-18(9-7-14)27-16(3)19-15(2)22-23-21(20(19)24-27)26-11-5-10-25(12-13-26)17(4)28/h6-9H,5,10-13H2,1-4H3. The maximum atomic E-state index is 11.7. The Bertz CT molecular complexity index is 1020. The second kappa shape index (κ2) is 7.22. The van der Waals surface area contributed by atoms with Crippen LogP contribution in [0.25, 0.3) is 16.6 Å². The molecule has 3 aromatic rings. The fourth-order valence-corrected chi connectivity index (χ4v) is 3.91. The Morgan fingerprint density at radius 2 is 1.71 bits per heavy atom. The van der Waals surface area contributed by atoms with Crippen LogP contribution in [0.15, 0.2) is 24.3 Å². The molecule has 1 fully saturated rings. The molecule has 7 nitrogen and oxygen atoms in total. The van der Waals surface area contributed by atoms with E-state index in [9.17, 15) is 4.79 Å². The third-order valence-electron chi connectivity index (χ3n) is 5.50. The Labute approximate surface area is 165 Å².